The Bertz CT molecular complexity index is 770. The van der Waals surface area contributed by atoms with E-state index in [1.165, 1.54) is 0 Å². The van der Waals surface area contributed by atoms with Crippen molar-refractivity contribution in [3.05, 3.63) is 60.7 Å². The molecule has 0 aliphatic carbocycles. The second-order valence-corrected chi connectivity index (χ2v) is 6.30. The Kier molecular flexibility index (Phi) is 4.85. The van der Waals surface area contributed by atoms with Gasteiger partial charge in [-0.3, -0.25) is 9.58 Å². The molecule has 1 aliphatic heterocycles. The predicted octanol–water partition coefficient (Wildman–Crippen LogP) is 1.75. The summed E-state index contributed by atoms with van der Waals surface area (Å²) in [5, 5.41) is 12.9. The van der Waals surface area contributed by atoms with Crippen LogP contribution in [0.4, 0.5) is 0 Å². The molecule has 1 unspecified atom stereocenters. The Hall–Kier alpha value is -2.51. The van der Waals surface area contributed by atoms with Gasteiger partial charge in [0.2, 0.25) is 0 Å². The number of aromatic nitrogens is 5. The van der Waals surface area contributed by atoms with Gasteiger partial charge in [-0.1, -0.05) is 23.4 Å². The summed E-state index contributed by atoms with van der Waals surface area (Å²) in [6.07, 6.45) is 6.96. The van der Waals surface area contributed by atoms with Crippen molar-refractivity contribution in [3.8, 4) is 5.69 Å². The number of nitrogens with zero attached hydrogens (tertiary/aromatic N) is 6. The fourth-order valence-electron chi connectivity index (χ4n) is 3.15. The second-order valence-electron chi connectivity index (χ2n) is 6.30. The molecule has 130 valence electrons. The molecule has 7 nitrogen and oxygen atoms in total. The van der Waals surface area contributed by atoms with E-state index in [0.717, 1.165) is 50.6 Å². The van der Waals surface area contributed by atoms with E-state index in [1.54, 1.807) is 6.20 Å². The molecule has 0 bridgehead atoms. The van der Waals surface area contributed by atoms with E-state index >= 15 is 0 Å². The van der Waals surface area contributed by atoms with Gasteiger partial charge in [-0.15, -0.1) is 5.10 Å². The standard InChI is InChI=1S/C18H22N6O/c1-2-6-17(7-3-1)24-13-16(20-21-24)12-22-9-5-11-25-18(14-22)15-23-10-4-8-19-23/h1-4,6-8,10,13,18H,5,9,11-12,14-15H2. The lowest BCUT2D eigenvalue weighted by atomic mass is 10.3. The molecule has 1 aliphatic rings. The SMILES string of the molecule is c1ccc(-n2cc(CN3CCCOC(Cn4cccn4)C3)nn2)cc1. The highest BCUT2D eigenvalue weighted by molar-refractivity contribution is 5.29. The minimum absolute atomic E-state index is 0.145. The zero-order valence-corrected chi connectivity index (χ0v) is 14.1. The smallest absolute Gasteiger partial charge is 0.0971 e. The minimum Gasteiger partial charge on any atom is -0.375 e. The zero-order chi connectivity index (χ0) is 16.9. The summed E-state index contributed by atoms with van der Waals surface area (Å²) in [5.74, 6) is 0. The molecular weight excluding hydrogens is 316 g/mol. The van der Waals surface area contributed by atoms with Gasteiger partial charge >= 0.3 is 0 Å². The van der Waals surface area contributed by atoms with Crippen molar-refractivity contribution in [1.29, 1.82) is 0 Å². The van der Waals surface area contributed by atoms with Crippen molar-refractivity contribution in [2.45, 2.75) is 25.6 Å². The maximum Gasteiger partial charge on any atom is 0.0971 e. The first-order chi connectivity index (χ1) is 12.4. The first-order valence-electron chi connectivity index (χ1n) is 8.65. The van der Waals surface area contributed by atoms with Crippen LogP contribution in [0.1, 0.15) is 12.1 Å². The van der Waals surface area contributed by atoms with Crippen LogP contribution in [-0.4, -0.2) is 55.5 Å². The number of ether oxygens (including phenoxy) is 1. The lowest BCUT2D eigenvalue weighted by Gasteiger charge is -2.22. The van der Waals surface area contributed by atoms with Crippen molar-refractivity contribution in [2.75, 3.05) is 19.7 Å². The van der Waals surface area contributed by atoms with Gasteiger partial charge in [-0.25, -0.2) is 4.68 Å². The third-order valence-electron chi connectivity index (χ3n) is 4.33. The van der Waals surface area contributed by atoms with Gasteiger partial charge in [0.05, 0.1) is 30.2 Å². The zero-order valence-electron chi connectivity index (χ0n) is 14.1. The summed E-state index contributed by atoms with van der Waals surface area (Å²) in [6, 6.07) is 12.0. The summed E-state index contributed by atoms with van der Waals surface area (Å²) in [6.45, 7) is 4.23. The lowest BCUT2D eigenvalue weighted by molar-refractivity contribution is 0.0390. The van der Waals surface area contributed by atoms with E-state index in [-0.39, 0.29) is 6.10 Å². The molecule has 4 rings (SSSR count). The average Bonchev–Trinajstić information content (AvgIpc) is 3.26. The molecule has 0 amide bonds. The Morgan fingerprint density at radius 1 is 1.16 bits per heavy atom. The van der Waals surface area contributed by atoms with E-state index in [1.807, 2.05) is 58.2 Å². The van der Waals surface area contributed by atoms with Crippen LogP contribution in [0, 0.1) is 0 Å². The highest BCUT2D eigenvalue weighted by atomic mass is 16.5. The normalized spacial score (nSPS) is 19.0. The van der Waals surface area contributed by atoms with Gasteiger partial charge in [-0.05, 0) is 24.6 Å². The molecular formula is C18H22N6O. The highest BCUT2D eigenvalue weighted by Crippen LogP contribution is 2.12. The first-order valence-corrected chi connectivity index (χ1v) is 8.65. The maximum absolute atomic E-state index is 5.98. The minimum atomic E-state index is 0.145. The molecule has 1 fully saturated rings. The summed E-state index contributed by atoms with van der Waals surface area (Å²) in [7, 11) is 0. The molecule has 7 heteroatoms. The number of benzene rings is 1. The van der Waals surface area contributed by atoms with Crippen molar-refractivity contribution in [1.82, 2.24) is 29.7 Å². The van der Waals surface area contributed by atoms with Crippen LogP contribution < -0.4 is 0 Å². The molecule has 1 atom stereocenters. The Morgan fingerprint density at radius 2 is 2.08 bits per heavy atom. The molecule has 25 heavy (non-hydrogen) atoms. The molecule has 1 saturated heterocycles. The van der Waals surface area contributed by atoms with Gasteiger partial charge in [0, 0.05) is 38.6 Å². The van der Waals surface area contributed by atoms with Crippen LogP contribution in [-0.2, 0) is 17.8 Å². The van der Waals surface area contributed by atoms with E-state index < -0.39 is 0 Å². The van der Waals surface area contributed by atoms with Gasteiger partial charge in [0.25, 0.3) is 0 Å². The topological polar surface area (TPSA) is 61.0 Å². The third kappa shape index (κ3) is 4.12. The Morgan fingerprint density at radius 3 is 2.92 bits per heavy atom. The van der Waals surface area contributed by atoms with Gasteiger partial charge in [0.1, 0.15) is 0 Å². The Balaban J connectivity index is 1.40. The molecule has 1 aromatic carbocycles. The van der Waals surface area contributed by atoms with Crippen LogP contribution in [0.3, 0.4) is 0 Å². The monoisotopic (exact) mass is 338 g/mol. The largest absolute Gasteiger partial charge is 0.375 e. The van der Waals surface area contributed by atoms with Crippen LogP contribution >= 0.6 is 0 Å². The fourth-order valence-corrected chi connectivity index (χ4v) is 3.15. The number of hydrogen-bond acceptors (Lipinski definition) is 5. The molecule has 0 N–H and O–H groups in total. The van der Waals surface area contributed by atoms with Crippen LogP contribution in [0.5, 0.6) is 0 Å². The average molecular weight is 338 g/mol. The van der Waals surface area contributed by atoms with Gasteiger partial charge in [-0.2, -0.15) is 5.10 Å². The van der Waals surface area contributed by atoms with E-state index in [4.69, 9.17) is 4.74 Å². The quantitative estimate of drug-likeness (QED) is 0.709. The summed E-state index contributed by atoms with van der Waals surface area (Å²) < 4.78 is 9.73. The van der Waals surface area contributed by atoms with Crippen molar-refractivity contribution >= 4 is 0 Å². The number of rotatable bonds is 5. The summed E-state index contributed by atoms with van der Waals surface area (Å²) in [4.78, 5) is 2.39. The van der Waals surface area contributed by atoms with Crippen molar-refractivity contribution < 1.29 is 4.74 Å². The fraction of sp³-hybridized carbons (Fsp3) is 0.389. The predicted molar refractivity (Wildman–Crippen MR) is 93.2 cm³/mol. The molecule has 0 saturated carbocycles. The number of para-hydroxylation sites is 1. The molecule has 3 heterocycles. The molecule has 0 radical (unpaired) electrons. The lowest BCUT2D eigenvalue weighted by Crippen LogP contribution is -2.34. The van der Waals surface area contributed by atoms with E-state index in [2.05, 4.69) is 20.3 Å². The van der Waals surface area contributed by atoms with Crippen molar-refractivity contribution in [2.24, 2.45) is 0 Å². The van der Waals surface area contributed by atoms with E-state index in [9.17, 15) is 0 Å². The Labute approximate surface area is 146 Å². The second kappa shape index (κ2) is 7.58. The molecule has 2 aromatic heterocycles. The van der Waals surface area contributed by atoms with Crippen LogP contribution in [0.25, 0.3) is 5.69 Å². The van der Waals surface area contributed by atoms with Crippen molar-refractivity contribution in [3.63, 3.8) is 0 Å². The first kappa shape index (κ1) is 16.0. The third-order valence-corrected chi connectivity index (χ3v) is 4.33. The molecule has 3 aromatic rings. The summed E-state index contributed by atoms with van der Waals surface area (Å²) in [5.41, 5.74) is 2.00. The van der Waals surface area contributed by atoms with E-state index in [0.29, 0.717) is 0 Å². The van der Waals surface area contributed by atoms with Crippen LogP contribution in [0.15, 0.2) is 55.0 Å². The van der Waals surface area contributed by atoms with Gasteiger partial charge in [0.15, 0.2) is 0 Å². The number of hydrogen-bond donors (Lipinski definition) is 0. The highest BCUT2D eigenvalue weighted by Gasteiger charge is 2.20. The van der Waals surface area contributed by atoms with Crippen LogP contribution in [0.2, 0.25) is 0 Å². The summed E-state index contributed by atoms with van der Waals surface area (Å²) >= 11 is 0. The molecule has 0 spiro atoms. The maximum atomic E-state index is 5.98. The van der Waals surface area contributed by atoms with Gasteiger partial charge < -0.3 is 4.74 Å².